The van der Waals surface area contributed by atoms with Crippen molar-refractivity contribution in [3.63, 3.8) is 0 Å². The van der Waals surface area contributed by atoms with Crippen molar-refractivity contribution in [1.82, 2.24) is 15.1 Å². The largest absolute Gasteiger partial charge is 0.340 e. The number of likely N-dealkylation sites (N-methyl/N-ethyl adjacent to an activating group) is 1. The number of nitrogens with one attached hydrogen (secondary N) is 1. The Morgan fingerprint density at radius 3 is 2.94 bits per heavy atom. The van der Waals surface area contributed by atoms with Crippen LogP contribution >= 0.6 is 11.3 Å². The van der Waals surface area contributed by atoms with Gasteiger partial charge in [0.05, 0.1) is 6.54 Å². The molecule has 5 heteroatoms. The molecule has 1 fully saturated rings. The summed E-state index contributed by atoms with van der Waals surface area (Å²) in [6.45, 7) is 5.18. The third-order valence-electron chi connectivity index (χ3n) is 2.99. The molecule has 1 N–H and O–H groups in total. The number of carbonyl (C=O) groups is 1. The van der Waals surface area contributed by atoms with Crippen LogP contribution in [0, 0.1) is 0 Å². The van der Waals surface area contributed by atoms with Gasteiger partial charge in [-0.15, -0.1) is 0 Å². The standard InChI is InChI=1S/C12H19N3OS/c1-14(8-11-2-7-17-10-11)12(16)9-15-5-3-13-4-6-15/h2,7,10,13H,3-6,8-9H2,1H3. The molecule has 1 aromatic rings. The molecule has 0 aliphatic carbocycles. The second-order valence-corrected chi connectivity index (χ2v) is 5.19. The van der Waals surface area contributed by atoms with E-state index in [2.05, 4.69) is 21.7 Å². The maximum absolute atomic E-state index is 12.0. The molecule has 0 radical (unpaired) electrons. The SMILES string of the molecule is CN(Cc1ccsc1)C(=O)CN1CCNCC1. The van der Waals surface area contributed by atoms with Gasteiger partial charge < -0.3 is 10.2 Å². The van der Waals surface area contributed by atoms with Gasteiger partial charge in [-0.25, -0.2) is 0 Å². The van der Waals surface area contributed by atoms with Crippen molar-refractivity contribution >= 4 is 17.2 Å². The summed E-state index contributed by atoms with van der Waals surface area (Å²) in [4.78, 5) is 16.0. The van der Waals surface area contributed by atoms with Gasteiger partial charge in [-0.2, -0.15) is 11.3 Å². The number of piperazine rings is 1. The first kappa shape index (κ1) is 12.5. The first-order valence-electron chi connectivity index (χ1n) is 5.94. The van der Waals surface area contributed by atoms with Gasteiger partial charge in [0.1, 0.15) is 0 Å². The molecule has 2 rings (SSSR count). The lowest BCUT2D eigenvalue weighted by Crippen LogP contribution is -2.47. The Morgan fingerprint density at radius 1 is 1.53 bits per heavy atom. The number of rotatable bonds is 4. The van der Waals surface area contributed by atoms with Crippen molar-refractivity contribution < 1.29 is 4.79 Å². The number of hydrogen-bond acceptors (Lipinski definition) is 4. The van der Waals surface area contributed by atoms with Gasteiger partial charge in [0.25, 0.3) is 0 Å². The smallest absolute Gasteiger partial charge is 0.236 e. The van der Waals surface area contributed by atoms with E-state index in [1.165, 1.54) is 5.56 Å². The van der Waals surface area contributed by atoms with E-state index in [4.69, 9.17) is 0 Å². The number of thiophene rings is 1. The average molecular weight is 253 g/mol. The Balaban J connectivity index is 1.78. The van der Waals surface area contributed by atoms with Crippen LogP contribution in [0.5, 0.6) is 0 Å². The molecule has 0 atom stereocenters. The predicted molar refractivity (Wildman–Crippen MR) is 70.1 cm³/mol. The minimum atomic E-state index is 0.207. The highest BCUT2D eigenvalue weighted by atomic mass is 32.1. The van der Waals surface area contributed by atoms with Gasteiger partial charge in [-0.05, 0) is 22.4 Å². The van der Waals surface area contributed by atoms with E-state index in [0.29, 0.717) is 13.1 Å². The molecule has 0 bridgehead atoms. The highest BCUT2D eigenvalue weighted by molar-refractivity contribution is 7.07. The van der Waals surface area contributed by atoms with E-state index in [0.717, 1.165) is 26.2 Å². The lowest BCUT2D eigenvalue weighted by atomic mass is 10.3. The molecule has 0 unspecified atom stereocenters. The number of nitrogens with zero attached hydrogens (tertiary/aromatic N) is 2. The molecule has 0 saturated carbocycles. The zero-order valence-electron chi connectivity index (χ0n) is 10.2. The molecule has 2 heterocycles. The molecule has 1 aliphatic rings. The van der Waals surface area contributed by atoms with Crippen LogP contribution in [0.4, 0.5) is 0 Å². The molecule has 17 heavy (non-hydrogen) atoms. The second kappa shape index (κ2) is 6.14. The molecule has 4 nitrogen and oxygen atoms in total. The van der Waals surface area contributed by atoms with Crippen molar-refractivity contribution in [2.75, 3.05) is 39.8 Å². The summed E-state index contributed by atoms with van der Waals surface area (Å²) in [5.74, 6) is 0.207. The van der Waals surface area contributed by atoms with E-state index in [-0.39, 0.29) is 5.91 Å². The first-order valence-corrected chi connectivity index (χ1v) is 6.88. The summed E-state index contributed by atoms with van der Waals surface area (Å²) in [5, 5.41) is 7.43. The maximum atomic E-state index is 12.0. The molecule has 1 aliphatic heterocycles. The van der Waals surface area contributed by atoms with Crippen molar-refractivity contribution in [2.45, 2.75) is 6.54 Å². The average Bonchev–Trinajstić information content (AvgIpc) is 2.83. The topological polar surface area (TPSA) is 35.6 Å². The zero-order valence-corrected chi connectivity index (χ0v) is 11.0. The second-order valence-electron chi connectivity index (χ2n) is 4.41. The Hall–Kier alpha value is -0.910. The zero-order chi connectivity index (χ0) is 12.1. The molecule has 1 aromatic heterocycles. The highest BCUT2D eigenvalue weighted by Gasteiger charge is 2.16. The van der Waals surface area contributed by atoms with Crippen molar-refractivity contribution in [2.24, 2.45) is 0 Å². The highest BCUT2D eigenvalue weighted by Crippen LogP contribution is 2.08. The third kappa shape index (κ3) is 3.80. The summed E-state index contributed by atoms with van der Waals surface area (Å²) >= 11 is 1.67. The fourth-order valence-electron chi connectivity index (χ4n) is 1.93. The van der Waals surface area contributed by atoms with Gasteiger partial charge in [-0.3, -0.25) is 9.69 Å². The van der Waals surface area contributed by atoms with Crippen LogP contribution in [0.15, 0.2) is 16.8 Å². The predicted octanol–water partition coefficient (Wildman–Crippen LogP) is 0.612. The van der Waals surface area contributed by atoms with Gasteiger partial charge >= 0.3 is 0 Å². The maximum Gasteiger partial charge on any atom is 0.236 e. The van der Waals surface area contributed by atoms with E-state index in [1.54, 1.807) is 11.3 Å². The van der Waals surface area contributed by atoms with Crippen LogP contribution in [0.2, 0.25) is 0 Å². The Morgan fingerprint density at radius 2 is 2.29 bits per heavy atom. The van der Waals surface area contributed by atoms with Crippen LogP contribution in [0.1, 0.15) is 5.56 Å². The third-order valence-corrected chi connectivity index (χ3v) is 3.73. The van der Waals surface area contributed by atoms with E-state index >= 15 is 0 Å². The van der Waals surface area contributed by atoms with Crippen molar-refractivity contribution in [3.05, 3.63) is 22.4 Å². The quantitative estimate of drug-likeness (QED) is 0.854. The van der Waals surface area contributed by atoms with Crippen molar-refractivity contribution in [3.8, 4) is 0 Å². The lowest BCUT2D eigenvalue weighted by molar-refractivity contribution is -0.131. The van der Waals surface area contributed by atoms with E-state index < -0.39 is 0 Å². The molecule has 0 aromatic carbocycles. The molecule has 1 saturated heterocycles. The first-order chi connectivity index (χ1) is 8.25. The van der Waals surface area contributed by atoms with Gasteiger partial charge in [0.15, 0.2) is 0 Å². The minimum absolute atomic E-state index is 0.207. The summed E-state index contributed by atoms with van der Waals surface area (Å²) in [5.41, 5.74) is 1.21. The summed E-state index contributed by atoms with van der Waals surface area (Å²) in [6.07, 6.45) is 0. The summed E-state index contributed by atoms with van der Waals surface area (Å²) in [6, 6.07) is 2.07. The molecular formula is C12H19N3OS. The fourth-order valence-corrected chi connectivity index (χ4v) is 2.59. The Labute approximate surface area is 106 Å². The van der Waals surface area contributed by atoms with Crippen LogP contribution in [0.3, 0.4) is 0 Å². The van der Waals surface area contributed by atoms with Crippen LogP contribution in [-0.2, 0) is 11.3 Å². The minimum Gasteiger partial charge on any atom is -0.340 e. The van der Waals surface area contributed by atoms with E-state index in [9.17, 15) is 4.79 Å². The molecule has 94 valence electrons. The Kier molecular flexibility index (Phi) is 4.53. The van der Waals surface area contributed by atoms with Gasteiger partial charge in [0, 0.05) is 39.8 Å². The number of amides is 1. The molecular weight excluding hydrogens is 234 g/mol. The fraction of sp³-hybridized carbons (Fsp3) is 0.583. The normalized spacial score (nSPS) is 17.0. The van der Waals surface area contributed by atoms with Crippen molar-refractivity contribution in [1.29, 1.82) is 0 Å². The monoisotopic (exact) mass is 253 g/mol. The summed E-state index contributed by atoms with van der Waals surface area (Å²) < 4.78 is 0. The van der Waals surface area contributed by atoms with Crippen LogP contribution < -0.4 is 5.32 Å². The van der Waals surface area contributed by atoms with Gasteiger partial charge in [0.2, 0.25) is 5.91 Å². The number of hydrogen-bond donors (Lipinski definition) is 1. The van der Waals surface area contributed by atoms with E-state index in [1.807, 2.05) is 17.3 Å². The molecule has 0 spiro atoms. The van der Waals surface area contributed by atoms with Gasteiger partial charge in [-0.1, -0.05) is 0 Å². The number of carbonyl (C=O) groups excluding carboxylic acids is 1. The van der Waals surface area contributed by atoms with Crippen LogP contribution in [0.25, 0.3) is 0 Å². The lowest BCUT2D eigenvalue weighted by Gasteiger charge is -2.28. The molecule has 1 amide bonds. The Bertz CT molecular complexity index is 347. The summed E-state index contributed by atoms with van der Waals surface area (Å²) in [7, 11) is 1.88. The van der Waals surface area contributed by atoms with Crippen LogP contribution in [-0.4, -0.2) is 55.5 Å².